The minimum Gasteiger partial charge on any atom is -0.330 e. The molecule has 0 aliphatic heterocycles. The molecule has 2 nitrogen and oxygen atoms in total. The highest BCUT2D eigenvalue weighted by molar-refractivity contribution is 5.30. The minimum absolute atomic E-state index is 0.717. The van der Waals surface area contributed by atoms with Crippen molar-refractivity contribution in [3.63, 3.8) is 0 Å². The first-order valence-corrected chi connectivity index (χ1v) is 5.32. The molecule has 1 aromatic carbocycles. The zero-order valence-electron chi connectivity index (χ0n) is 8.92. The Hall–Kier alpha value is -0.860. The van der Waals surface area contributed by atoms with E-state index < -0.39 is 0 Å². The van der Waals surface area contributed by atoms with Crippen molar-refractivity contribution in [3.8, 4) is 0 Å². The van der Waals surface area contributed by atoms with E-state index in [0.29, 0.717) is 0 Å². The fourth-order valence-corrected chi connectivity index (χ4v) is 1.67. The van der Waals surface area contributed by atoms with E-state index in [0.717, 1.165) is 32.4 Å². The van der Waals surface area contributed by atoms with Crippen LogP contribution in [0.4, 0.5) is 0 Å². The Morgan fingerprint density at radius 2 is 1.29 bits per heavy atom. The van der Waals surface area contributed by atoms with E-state index in [1.54, 1.807) is 0 Å². The zero-order chi connectivity index (χ0) is 10.4. The molecule has 0 aliphatic carbocycles. The molecule has 0 atom stereocenters. The van der Waals surface area contributed by atoms with Crippen LogP contribution < -0.4 is 11.5 Å². The summed E-state index contributed by atoms with van der Waals surface area (Å²) in [6.45, 7) is 3.61. The third kappa shape index (κ3) is 3.13. The second-order valence-corrected chi connectivity index (χ2v) is 3.59. The molecule has 0 fully saturated rings. The predicted molar refractivity (Wildman–Crippen MR) is 61.3 cm³/mol. The van der Waals surface area contributed by atoms with E-state index >= 15 is 0 Å². The fourth-order valence-electron chi connectivity index (χ4n) is 1.67. The van der Waals surface area contributed by atoms with Gasteiger partial charge in [-0.3, -0.25) is 0 Å². The van der Waals surface area contributed by atoms with Crippen molar-refractivity contribution in [2.45, 2.75) is 26.2 Å². The van der Waals surface area contributed by atoms with Crippen molar-refractivity contribution in [3.05, 3.63) is 34.9 Å². The van der Waals surface area contributed by atoms with E-state index in [2.05, 4.69) is 25.1 Å². The molecule has 0 saturated heterocycles. The maximum absolute atomic E-state index is 5.55. The van der Waals surface area contributed by atoms with Gasteiger partial charge in [-0.15, -0.1) is 0 Å². The van der Waals surface area contributed by atoms with Gasteiger partial charge in [-0.2, -0.15) is 0 Å². The number of rotatable bonds is 5. The van der Waals surface area contributed by atoms with Crippen LogP contribution in [0.3, 0.4) is 0 Å². The quantitative estimate of drug-likeness (QED) is 0.737. The molecule has 0 spiro atoms. The molecule has 78 valence electrons. The molecule has 1 aromatic rings. The van der Waals surface area contributed by atoms with Gasteiger partial charge in [0.05, 0.1) is 0 Å². The molecule has 1 rings (SSSR count). The summed E-state index contributed by atoms with van der Waals surface area (Å²) in [5.41, 5.74) is 15.2. The van der Waals surface area contributed by atoms with Crippen LogP contribution in [0.25, 0.3) is 0 Å². The maximum atomic E-state index is 5.55. The molecule has 0 aliphatic rings. The Morgan fingerprint density at radius 3 is 1.64 bits per heavy atom. The van der Waals surface area contributed by atoms with Crippen LogP contribution in [0, 0.1) is 0 Å². The van der Waals surface area contributed by atoms with Crippen molar-refractivity contribution in [1.29, 1.82) is 0 Å². The number of aryl methyl sites for hydroxylation is 1. The van der Waals surface area contributed by atoms with Gasteiger partial charge < -0.3 is 11.5 Å². The average molecular weight is 192 g/mol. The standard InChI is InChI=1S/C12H20N2/c1-2-10-7-11(3-5-13)9-12(8-10)4-6-14/h7-9H,2-6,13-14H2,1H3. The van der Waals surface area contributed by atoms with Crippen LogP contribution in [-0.2, 0) is 19.3 Å². The van der Waals surface area contributed by atoms with Gasteiger partial charge in [0.1, 0.15) is 0 Å². The predicted octanol–water partition coefficient (Wildman–Crippen LogP) is 1.25. The van der Waals surface area contributed by atoms with E-state index in [1.807, 2.05) is 0 Å². The van der Waals surface area contributed by atoms with E-state index in [-0.39, 0.29) is 0 Å². The Bertz CT molecular complexity index is 257. The minimum atomic E-state index is 0.717. The largest absolute Gasteiger partial charge is 0.330 e. The summed E-state index contributed by atoms with van der Waals surface area (Å²) in [4.78, 5) is 0. The maximum Gasteiger partial charge on any atom is -0.00367 e. The molecular weight excluding hydrogens is 172 g/mol. The van der Waals surface area contributed by atoms with Gasteiger partial charge in [-0.25, -0.2) is 0 Å². The Labute approximate surface area is 86.3 Å². The highest BCUT2D eigenvalue weighted by Crippen LogP contribution is 2.12. The van der Waals surface area contributed by atoms with Gasteiger partial charge in [0.25, 0.3) is 0 Å². The topological polar surface area (TPSA) is 52.0 Å². The normalized spacial score (nSPS) is 10.5. The summed E-state index contributed by atoms with van der Waals surface area (Å²) < 4.78 is 0. The summed E-state index contributed by atoms with van der Waals surface area (Å²) in [5.74, 6) is 0. The molecule has 0 bridgehead atoms. The molecule has 2 heteroatoms. The van der Waals surface area contributed by atoms with Crippen molar-refractivity contribution < 1.29 is 0 Å². The van der Waals surface area contributed by atoms with Crippen LogP contribution in [-0.4, -0.2) is 13.1 Å². The lowest BCUT2D eigenvalue weighted by Gasteiger charge is -2.07. The van der Waals surface area contributed by atoms with Gasteiger partial charge in [-0.1, -0.05) is 25.1 Å². The lowest BCUT2D eigenvalue weighted by atomic mass is 10.0. The SMILES string of the molecule is CCc1cc(CCN)cc(CCN)c1. The number of nitrogens with two attached hydrogens (primary N) is 2. The van der Waals surface area contributed by atoms with E-state index in [1.165, 1.54) is 16.7 Å². The van der Waals surface area contributed by atoms with Crippen LogP contribution in [0.5, 0.6) is 0 Å². The van der Waals surface area contributed by atoms with E-state index in [4.69, 9.17) is 11.5 Å². The second-order valence-electron chi connectivity index (χ2n) is 3.59. The molecule has 4 N–H and O–H groups in total. The van der Waals surface area contributed by atoms with Crippen LogP contribution in [0.1, 0.15) is 23.6 Å². The molecule has 14 heavy (non-hydrogen) atoms. The highest BCUT2D eigenvalue weighted by Gasteiger charge is 1.99. The zero-order valence-corrected chi connectivity index (χ0v) is 8.92. The van der Waals surface area contributed by atoms with Gasteiger partial charge in [0.15, 0.2) is 0 Å². The van der Waals surface area contributed by atoms with Crippen LogP contribution in [0.15, 0.2) is 18.2 Å². The summed E-state index contributed by atoms with van der Waals surface area (Å²) in [6, 6.07) is 6.71. The monoisotopic (exact) mass is 192 g/mol. The summed E-state index contributed by atoms with van der Waals surface area (Å²) in [5, 5.41) is 0. The third-order valence-corrected chi connectivity index (χ3v) is 2.39. The van der Waals surface area contributed by atoms with Crippen LogP contribution in [0.2, 0.25) is 0 Å². The van der Waals surface area contributed by atoms with Crippen molar-refractivity contribution >= 4 is 0 Å². The molecule has 0 aromatic heterocycles. The fraction of sp³-hybridized carbons (Fsp3) is 0.500. The molecule has 0 amide bonds. The smallest absolute Gasteiger partial charge is 0.00367 e. The number of benzene rings is 1. The summed E-state index contributed by atoms with van der Waals surface area (Å²) >= 11 is 0. The van der Waals surface area contributed by atoms with Crippen molar-refractivity contribution in [1.82, 2.24) is 0 Å². The molecule has 0 radical (unpaired) electrons. The second kappa shape index (κ2) is 5.78. The Balaban J connectivity index is 2.88. The van der Waals surface area contributed by atoms with Gasteiger partial charge in [0.2, 0.25) is 0 Å². The highest BCUT2D eigenvalue weighted by atomic mass is 14.5. The first kappa shape index (κ1) is 11.2. The van der Waals surface area contributed by atoms with Crippen molar-refractivity contribution in [2.75, 3.05) is 13.1 Å². The van der Waals surface area contributed by atoms with Gasteiger partial charge >= 0.3 is 0 Å². The van der Waals surface area contributed by atoms with Crippen LogP contribution >= 0.6 is 0 Å². The van der Waals surface area contributed by atoms with E-state index in [9.17, 15) is 0 Å². The van der Waals surface area contributed by atoms with Crippen molar-refractivity contribution in [2.24, 2.45) is 11.5 Å². The Morgan fingerprint density at radius 1 is 0.857 bits per heavy atom. The van der Waals surface area contributed by atoms with Gasteiger partial charge in [0, 0.05) is 0 Å². The average Bonchev–Trinajstić information content (AvgIpc) is 2.18. The van der Waals surface area contributed by atoms with Gasteiger partial charge in [-0.05, 0) is 49.0 Å². The number of hydrogen-bond acceptors (Lipinski definition) is 2. The first-order valence-electron chi connectivity index (χ1n) is 5.32. The molecule has 0 heterocycles. The lowest BCUT2D eigenvalue weighted by molar-refractivity contribution is 0.930. The molecular formula is C12H20N2. The molecule has 0 unspecified atom stereocenters. The number of hydrogen-bond donors (Lipinski definition) is 2. The summed E-state index contributed by atoms with van der Waals surface area (Å²) in [6.07, 6.45) is 3.01. The lowest BCUT2D eigenvalue weighted by Crippen LogP contribution is -2.06. The summed E-state index contributed by atoms with van der Waals surface area (Å²) in [7, 11) is 0. The molecule has 0 saturated carbocycles. The third-order valence-electron chi connectivity index (χ3n) is 2.39. The Kier molecular flexibility index (Phi) is 4.63. The first-order chi connectivity index (χ1) is 6.80.